The molecule has 0 spiro atoms. The number of aryl methyl sites for hydroxylation is 2. The standard InChI is InChI=1S/C22H24N4O/c1-16-9-11-18(12-10-16)14-23-21-13-20(24-17(2)25-21)22(27)26(3)15-19-7-5-4-6-8-19/h4-13H,14-15H2,1-3H3,(H,23,24,25). The molecule has 0 saturated carbocycles. The SMILES string of the molecule is Cc1ccc(CNc2cc(C(=O)N(C)Cc3ccccc3)nc(C)n2)cc1. The van der Waals surface area contributed by atoms with Gasteiger partial charge in [-0.3, -0.25) is 4.79 Å². The highest BCUT2D eigenvalue weighted by Gasteiger charge is 2.15. The van der Waals surface area contributed by atoms with Gasteiger partial charge in [0, 0.05) is 26.2 Å². The van der Waals surface area contributed by atoms with Crippen LogP contribution >= 0.6 is 0 Å². The first-order valence-corrected chi connectivity index (χ1v) is 8.96. The van der Waals surface area contributed by atoms with Gasteiger partial charge in [-0.15, -0.1) is 0 Å². The van der Waals surface area contributed by atoms with E-state index in [1.165, 1.54) is 5.56 Å². The summed E-state index contributed by atoms with van der Waals surface area (Å²) in [5.41, 5.74) is 3.86. The number of nitrogens with one attached hydrogen (secondary N) is 1. The number of carbonyl (C=O) groups excluding carboxylic acids is 1. The molecule has 1 aromatic heterocycles. The summed E-state index contributed by atoms with van der Waals surface area (Å²) in [7, 11) is 1.78. The lowest BCUT2D eigenvalue weighted by Gasteiger charge is -2.17. The van der Waals surface area contributed by atoms with Gasteiger partial charge in [0.1, 0.15) is 17.3 Å². The summed E-state index contributed by atoms with van der Waals surface area (Å²) in [4.78, 5) is 23.2. The van der Waals surface area contributed by atoms with E-state index < -0.39 is 0 Å². The van der Waals surface area contributed by atoms with Crippen LogP contribution in [0.15, 0.2) is 60.7 Å². The van der Waals surface area contributed by atoms with E-state index in [4.69, 9.17) is 0 Å². The van der Waals surface area contributed by atoms with Crippen LogP contribution in [0.2, 0.25) is 0 Å². The van der Waals surface area contributed by atoms with Gasteiger partial charge in [0.15, 0.2) is 0 Å². The topological polar surface area (TPSA) is 58.1 Å². The maximum Gasteiger partial charge on any atom is 0.272 e. The Morgan fingerprint density at radius 2 is 1.67 bits per heavy atom. The molecule has 0 fully saturated rings. The summed E-state index contributed by atoms with van der Waals surface area (Å²) in [6.45, 7) is 5.04. The fourth-order valence-electron chi connectivity index (χ4n) is 2.79. The van der Waals surface area contributed by atoms with Gasteiger partial charge in [0.2, 0.25) is 0 Å². The van der Waals surface area contributed by atoms with Crippen molar-refractivity contribution >= 4 is 11.7 Å². The molecular weight excluding hydrogens is 336 g/mol. The molecule has 0 saturated heterocycles. The fraction of sp³-hybridized carbons (Fsp3) is 0.227. The number of aromatic nitrogens is 2. The van der Waals surface area contributed by atoms with E-state index in [-0.39, 0.29) is 5.91 Å². The molecule has 5 nitrogen and oxygen atoms in total. The number of benzene rings is 2. The molecule has 27 heavy (non-hydrogen) atoms. The maximum absolute atomic E-state index is 12.8. The van der Waals surface area contributed by atoms with Crippen LogP contribution < -0.4 is 5.32 Å². The van der Waals surface area contributed by atoms with Crippen LogP contribution in [-0.4, -0.2) is 27.8 Å². The Bertz CT molecular complexity index is 907. The number of carbonyl (C=O) groups is 1. The third-order valence-corrected chi connectivity index (χ3v) is 4.26. The Morgan fingerprint density at radius 3 is 2.37 bits per heavy atom. The van der Waals surface area contributed by atoms with Crippen LogP contribution in [0, 0.1) is 13.8 Å². The van der Waals surface area contributed by atoms with Crippen molar-refractivity contribution in [3.8, 4) is 0 Å². The number of amides is 1. The molecule has 1 N–H and O–H groups in total. The van der Waals surface area contributed by atoms with Crippen molar-refractivity contribution in [3.05, 3.63) is 88.9 Å². The molecule has 0 unspecified atom stereocenters. The minimum Gasteiger partial charge on any atom is -0.366 e. The molecule has 138 valence electrons. The van der Waals surface area contributed by atoms with E-state index in [2.05, 4.69) is 46.5 Å². The normalized spacial score (nSPS) is 10.5. The Balaban J connectivity index is 1.70. The molecule has 0 aliphatic carbocycles. The third-order valence-electron chi connectivity index (χ3n) is 4.26. The molecule has 0 radical (unpaired) electrons. The molecule has 0 atom stereocenters. The van der Waals surface area contributed by atoms with E-state index in [9.17, 15) is 4.79 Å². The monoisotopic (exact) mass is 360 g/mol. The highest BCUT2D eigenvalue weighted by Crippen LogP contribution is 2.13. The van der Waals surface area contributed by atoms with Crippen molar-refractivity contribution in [1.82, 2.24) is 14.9 Å². The van der Waals surface area contributed by atoms with Crippen molar-refractivity contribution in [2.24, 2.45) is 0 Å². The number of hydrogen-bond donors (Lipinski definition) is 1. The van der Waals surface area contributed by atoms with Gasteiger partial charge < -0.3 is 10.2 Å². The van der Waals surface area contributed by atoms with Crippen LogP contribution in [0.25, 0.3) is 0 Å². The summed E-state index contributed by atoms with van der Waals surface area (Å²) in [5, 5.41) is 3.28. The van der Waals surface area contributed by atoms with E-state index in [1.807, 2.05) is 30.3 Å². The lowest BCUT2D eigenvalue weighted by molar-refractivity contribution is 0.0779. The number of hydrogen-bond acceptors (Lipinski definition) is 4. The Morgan fingerprint density at radius 1 is 0.963 bits per heavy atom. The van der Waals surface area contributed by atoms with Gasteiger partial charge in [0.25, 0.3) is 5.91 Å². The average molecular weight is 360 g/mol. The molecule has 3 aromatic rings. The van der Waals surface area contributed by atoms with E-state index in [0.29, 0.717) is 30.4 Å². The maximum atomic E-state index is 12.8. The zero-order valence-electron chi connectivity index (χ0n) is 15.9. The second-order valence-corrected chi connectivity index (χ2v) is 6.67. The molecular formula is C22H24N4O. The van der Waals surface area contributed by atoms with Gasteiger partial charge >= 0.3 is 0 Å². The third kappa shape index (κ3) is 5.14. The van der Waals surface area contributed by atoms with Crippen LogP contribution in [-0.2, 0) is 13.1 Å². The summed E-state index contributed by atoms with van der Waals surface area (Å²) in [6.07, 6.45) is 0. The Hall–Kier alpha value is -3.21. The number of anilines is 1. The lowest BCUT2D eigenvalue weighted by atomic mass is 10.1. The first kappa shape index (κ1) is 18.6. The zero-order valence-corrected chi connectivity index (χ0v) is 15.9. The van der Waals surface area contributed by atoms with Gasteiger partial charge in [-0.05, 0) is 25.0 Å². The van der Waals surface area contributed by atoms with Crippen LogP contribution in [0.4, 0.5) is 5.82 Å². The van der Waals surface area contributed by atoms with Crippen LogP contribution in [0.1, 0.15) is 33.0 Å². The molecule has 3 rings (SSSR count). The van der Waals surface area contributed by atoms with Gasteiger partial charge in [-0.1, -0.05) is 60.2 Å². The summed E-state index contributed by atoms with van der Waals surface area (Å²) in [6, 6.07) is 19.9. The quantitative estimate of drug-likeness (QED) is 0.722. The van der Waals surface area contributed by atoms with Crippen molar-refractivity contribution < 1.29 is 4.79 Å². The highest BCUT2D eigenvalue weighted by atomic mass is 16.2. The fourth-order valence-corrected chi connectivity index (χ4v) is 2.79. The summed E-state index contributed by atoms with van der Waals surface area (Å²) < 4.78 is 0. The minimum atomic E-state index is -0.122. The lowest BCUT2D eigenvalue weighted by Crippen LogP contribution is -2.27. The molecule has 1 heterocycles. The predicted molar refractivity (Wildman–Crippen MR) is 108 cm³/mol. The molecule has 0 aliphatic rings. The molecule has 0 aliphatic heterocycles. The predicted octanol–water partition coefficient (Wildman–Crippen LogP) is 3.98. The van der Waals surface area contributed by atoms with Crippen molar-refractivity contribution in [2.45, 2.75) is 26.9 Å². The van der Waals surface area contributed by atoms with Gasteiger partial charge in [0.05, 0.1) is 0 Å². The zero-order chi connectivity index (χ0) is 19.2. The number of nitrogens with zero attached hydrogens (tertiary/aromatic N) is 3. The molecule has 2 aromatic carbocycles. The van der Waals surface area contributed by atoms with Gasteiger partial charge in [-0.2, -0.15) is 0 Å². The van der Waals surface area contributed by atoms with Gasteiger partial charge in [-0.25, -0.2) is 9.97 Å². The molecule has 0 bridgehead atoms. The highest BCUT2D eigenvalue weighted by molar-refractivity contribution is 5.92. The second kappa shape index (κ2) is 8.45. The smallest absolute Gasteiger partial charge is 0.272 e. The van der Waals surface area contributed by atoms with Crippen LogP contribution in [0.5, 0.6) is 0 Å². The second-order valence-electron chi connectivity index (χ2n) is 6.67. The van der Waals surface area contributed by atoms with E-state index in [1.54, 1.807) is 24.9 Å². The van der Waals surface area contributed by atoms with Crippen molar-refractivity contribution in [1.29, 1.82) is 0 Å². The van der Waals surface area contributed by atoms with Crippen LogP contribution in [0.3, 0.4) is 0 Å². The molecule has 5 heteroatoms. The number of rotatable bonds is 6. The first-order chi connectivity index (χ1) is 13.0. The molecule has 1 amide bonds. The minimum absolute atomic E-state index is 0.122. The largest absolute Gasteiger partial charge is 0.366 e. The Kier molecular flexibility index (Phi) is 5.81. The first-order valence-electron chi connectivity index (χ1n) is 8.96. The van der Waals surface area contributed by atoms with Crippen molar-refractivity contribution in [3.63, 3.8) is 0 Å². The van der Waals surface area contributed by atoms with E-state index >= 15 is 0 Å². The Labute approximate surface area is 160 Å². The summed E-state index contributed by atoms with van der Waals surface area (Å²) >= 11 is 0. The summed E-state index contributed by atoms with van der Waals surface area (Å²) in [5.74, 6) is 1.10. The van der Waals surface area contributed by atoms with Crippen molar-refractivity contribution in [2.75, 3.05) is 12.4 Å². The average Bonchev–Trinajstić information content (AvgIpc) is 2.67. The van der Waals surface area contributed by atoms with E-state index in [0.717, 1.165) is 11.1 Å².